The van der Waals surface area contributed by atoms with Crippen LogP contribution in [0.1, 0.15) is 32.1 Å². The molecule has 1 heterocycles. The number of methoxy groups -OCH3 is 1. The van der Waals surface area contributed by atoms with Gasteiger partial charge in [0.15, 0.2) is 0 Å². The van der Waals surface area contributed by atoms with E-state index < -0.39 is 0 Å². The second kappa shape index (κ2) is 5.08. The van der Waals surface area contributed by atoms with Crippen molar-refractivity contribution in [2.75, 3.05) is 26.8 Å². The van der Waals surface area contributed by atoms with Crippen LogP contribution in [-0.4, -0.2) is 38.6 Å². The molecule has 2 aliphatic rings. The summed E-state index contributed by atoms with van der Waals surface area (Å²) in [5.41, 5.74) is 0. The van der Waals surface area contributed by atoms with Crippen molar-refractivity contribution in [2.24, 2.45) is 5.92 Å². The lowest BCUT2D eigenvalue weighted by atomic mass is 9.77. The zero-order chi connectivity index (χ0) is 10.7. The number of nitrogens with one attached hydrogen (secondary N) is 1. The highest BCUT2D eigenvalue weighted by Crippen LogP contribution is 2.26. The van der Waals surface area contributed by atoms with E-state index in [9.17, 15) is 4.79 Å². The maximum atomic E-state index is 11.8. The zero-order valence-electron chi connectivity index (χ0n) is 9.63. The largest absolute Gasteiger partial charge is 0.379 e. The molecule has 1 aliphatic heterocycles. The minimum Gasteiger partial charge on any atom is -0.379 e. The fraction of sp³-hybridized carbons (Fsp3) is 0.917. The Balaban J connectivity index is 1.97. The van der Waals surface area contributed by atoms with Crippen LogP contribution in [0, 0.1) is 5.92 Å². The third-order valence-corrected chi connectivity index (χ3v) is 4.02. The molecule has 0 amide bonds. The first-order chi connectivity index (χ1) is 7.33. The third kappa shape index (κ3) is 2.40. The van der Waals surface area contributed by atoms with Gasteiger partial charge in [-0.15, -0.1) is 0 Å². The molecule has 0 radical (unpaired) electrons. The minimum absolute atomic E-state index is 0.374. The van der Waals surface area contributed by atoms with Crippen molar-refractivity contribution in [3.63, 3.8) is 0 Å². The van der Waals surface area contributed by atoms with Crippen molar-refractivity contribution < 1.29 is 14.4 Å². The molecule has 0 aromatic carbocycles. The summed E-state index contributed by atoms with van der Waals surface area (Å²) >= 11 is 0. The van der Waals surface area contributed by atoms with E-state index >= 15 is 0 Å². The van der Waals surface area contributed by atoms with Gasteiger partial charge in [-0.1, -0.05) is 6.42 Å². The first-order valence-electron chi connectivity index (χ1n) is 6.19. The van der Waals surface area contributed by atoms with E-state index in [1.54, 1.807) is 12.0 Å². The quantitative estimate of drug-likeness (QED) is 0.716. The Kier molecular flexibility index (Phi) is 3.76. The summed E-state index contributed by atoms with van der Waals surface area (Å²) in [6, 6.07) is 0.607. The Hall–Kier alpha value is -0.410. The zero-order valence-corrected chi connectivity index (χ0v) is 9.63. The maximum absolute atomic E-state index is 11.8. The lowest BCUT2D eigenvalue weighted by Gasteiger charge is -2.40. The predicted octanol–water partition coefficient (Wildman–Crippen LogP) is 0.0493. The van der Waals surface area contributed by atoms with Gasteiger partial charge >= 0.3 is 0 Å². The highest BCUT2D eigenvalue weighted by atomic mass is 16.5. The summed E-state index contributed by atoms with van der Waals surface area (Å²) < 4.78 is 5.15. The average molecular weight is 212 g/mol. The second-order valence-corrected chi connectivity index (χ2v) is 4.86. The van der Waals surface area contributed by atoms with Crippen LogP contribution in [0.3, 0.4) is 0 Å². The average Bonchev–Trinajstić information content (AvgIpc) is 2.29. The van der Waals surface area contributed by atoms with Crippen LogP contribution < -0.4 is 4.90 Å². The topological polar surface area (TPSA) is 30.7 Å². The molecule has 0 aromatic rings. The smallest absolute Gasteiger partial charge is 0.147 e. The number of likely N-dealkylation sites (tertiary alicyclic amines) is 1. The monoisotopic (exact) mass is 212 g/mol. The molecule has 2 rings (SSSR count). The lowest BCUT2D eigenvalue weighted by molar-refractivity contribution is -0.932. The summed E-state index contributed by atoms with van der Waals surface area (Å²) in [7, 11) is 1.76. The molecule has 0 spiro atoms. The minimum atomic E-state index is 0.374. The molecule has 15 heavy (non-hydrogen) atoms. The van der Waals surface area contributed by atoms with E-state index in [4.69, 9.17) is 4.74 Å². The van der Waals surface area contributed by atoms with Crippen LogP contribution >= 0.6 is 0 Å². The number of piperidine rings is 1. The van der Waals surface area contributed by atoms with Gasteiger partial charge in [-0.25, -0.2) is 0 Å². The number of rotatable bonds is 3. The number of fused-ring (bicyclic) bond motifs is 1. The summed E-state index contributed by atoms with van der Waals surface area (Å²) in [6.45, 7) is 2.93. The molecular formula is C12H22NO2+. The molecule has 1 saturated heterocycles. The molecular weight excluding hydrogens is 190 g/mol. The van der Waals surface area contributed by atoms with Crippen LogP contribution in [0.5, 0.6) is 0 Å². The highest BCUT2D eigenvalue weighted by molar-refractivity contribution is 5.82. The van der Waals surface area contributed by atoms with E-state index in [1.807, 2.05) is 0 Å². The molecule has 0 bridgehead atoms. The third-order valence-electron chi connectivity index (χ3n) is 4.02. The number of Topliss-reactive ketones (excluding diaryl/α,β-unsaturated/α-hetero) is 1. The Bertz CT molecular complexity index is 230. The predicted molar refractivity (Wildman–Crippen MR) is 57.9 cm³/mol. The summed E-state index contributed by atoms with van der Waals surface area (Å²) in [4.78, 5) is 13.4. The van der Waals surface area contributed by atoms with Gasteiger partial charge in [0.2, 0.25) is 0 Å². The lowest BCUT2D eigenvalue weighted by Crippen LogP contribution is -3.18. The summed E-state index contributed by atoms with van der Waals surface area (Å²) in [5.74, 6) is 0.903. The van der Waals surface area contributed by atoms with E-state index in [2.05, 4.69) is 0 Å². The second-order valence-electron chi connectivity index (χ2n) is 4.86. The van der Waals surface area contributed by atoms with Gasteiger partial charge in [0.05, 0.1) is 31.5 Å². The Labute approximate surface area is 91.8 Å². The van der Waals surface area contributed by atoms with Crippen LogP contribution in [0.25, 0.3) is 0 Å². The Morgan fingerprint density at radius 3 is 3.00 bits per heavy atom. The van der Waals surface area contributed by atoms with Gasteiger partial charge in [0, 0.05) is 13.5 Å². The van der Waals surface area contributed by atoms with Crippen LogP contribution in [0.15, 0.2) is 0 Å². The van der Waals surface area contributed by atoms with Gasteiger partial charge in [0.25, 0.3) is 0 Å². The van der Waals surface area contributed by atoms with Crippen LogP contribution in [0.4, 0.5) is 0 Å². The van der Waals surface area contributed by atoms with Crippen molar-refractivity contribution in [3.8, 4) is 0 Å². The molecule has 1 unspecified atom stereocenters. The SMILES string of the molecule is COCC[NH+]1CCC(=O)[C@@H]2CCCC[C@@H]21. The molecule has 3 heteroatoms. The molecule has 2 fully saturated rings. The van der Waals surface area contributed by atoms with Gasteiger partial charge in [-0.3, -0.25) is 4.79 Å². The first kappa shape index (κ1) is 11.1. The highest BCUT2D eigenvalue weighted by Gasteiger charge is 2.41. The van der Waals surface area contributed by atoms with Crippen molar-refractivity contribution >= 4 is 5.78 Å². The van der Waals surface area contributed by atoms with Gasteiger partial charge in [-0.2, -0.15) is 0 Å². The van der Waals surface area contributed by atoms with Crippen molar-refractivity contribution in [2.45, 2.75) is 38.1 Å². The summed E-state index contributed by atoms with van der Waals surface area (Å²) in [5, 5.41) is 0. The Morgan fingerprint density at radius 1 is 1.40 bits per heavy atom. The van der Waals surface area contributed by atoms with Crippen LogP contribution in [-0.2, 0) is 9.53 Å². The molecule has 3 nitrogen and oxygen atoms in total. The number of ether oxygens (including phenoxy) is 1. The van der Waals surface area contributed by atoms with E-state index in [1.165, 1.54) is 19.3 Å². The standard InChI is InChI=1S/C12H21NO2/c1-15-9-8-13-7-6-12(14)10-4-2-3-5-11(10)13/h10-11H,2-9H2,1H3/p+1/t10-,11+/m1/s1. The van der Waals surface area contributed by atoms with Gasteiger partial charge < -0.3 is 9.64 Å². The summed E-state index contributed by atoms with van der Waals surface area (Å²) in [6.07, 6.45) is 5.74. The van der Waals surface area contributed by atoms with Crippen molar-refractivity contribution in [1.29, 1.82) is 0 Å². The molecule has 1 N–H and O–H groups in total. The molecule has 86 valence electrons. The molecule has 1 aliphatic carbocycles. The number of ketones is 1. The van der Waals surface area contributed by atoms with Gasteiger partial charge in [-0.05, 0) is 12.8 Å². The first-order valence-corrected chi connectivity index (χ1v) is 6.19. The van der Waals surface area contributed by atoms with Crippen molar-refractivity contribution in [3.05, 3.63) is 0 Å². The number of hydrogen-bond acceptors (Lipinski definition) is 2. The fourth-order valence-corrected chi connectivity index (χ4v) is 3.20. The van der Waals surface area contributed by atoms with Crippen LogP contribution in [0.2, 0.25) is 0 Å². The normalized spacial score (nSPS) is 36.3. The van der Waals surface area contributed by atoms with E-state index in [-0.39, 0.29) is 0 Å². The maximum Gasteiger partial charge on any atom is 0.147 e. The van der Waals surface area contributed by atoms with E-state index in [0.29, 0.717) is 17.7 Å². The number of carbonyl (C=O) groups is 1. The Morgan fingerprint density at radius 2 is 2.20 bits per heavy atom. The van der Waals surface area contributed by atoms with Crippen molar-refractivity contribution in [1.82, 2.24) is 0 Å². The molecule has 1 saturated carbocycles. The number of hydrogen-bond donors (Lipinski definition) is 1. The number of carbonyl (C=O) groups excluding carboxylic acids is 1. The molecule has 0 aromatic heterocycles. The van der Waals surface area contributed by atoms with E-state index in [0.717, 1.165) is 32.5 Å². The molecule has 3 atom stereocenters. The van der Waals surface area contributed by atoms with Gasteiger partial charge in [0.1, 0.15) is 12.3 Å². The fourth-order valence-electron chi connectivity index (χ4n) is 3.20. The number of quaternary nitrogens is 1.